The summed E-state index contributed by atoms with van der Waals surface area (Å²) in [6, 6.07) is -0.154. The van der Waals surface area contributed by atoms with Crippen molar-refractivity contribution < 1.29 is 4.79 Å². The molecule has 0 saturated carbocycles. The van der Waals surface area contributed by atoms with E-state index < -0.39 is 0 Å². The maximum atomic E-state index is 12.2. The van der Waals surface area contributed by atoms with E-state index in [2.05, 4.69) is 34.3 Å². The van der Waals surface area contributed by atoms with E-state index >= 15 is 0 Å². The van der Waals surface area contributed by atoms with E-state index in [0.717, 1.165) is 30.2 Å². The van der Waals surface area contributed by atoms with Crippen molar-refractivity contribution in [3.8, 4) is 0 Å². The number of nitrogens with one attached hydrogen (secondary N) is 1. The Balaban J connectivity index is 1.91. The zero-order chi connectivity index (χ0) is 17.0. The van der Waals surface area contributed by atoms with Crippen molar-refractivity contribution in [2.45, 2.75) is 66.6 Å². The van der Waals surface area contributed by atoms with Gasteiger partial charge in [0.25, 0.3) is 0 Å². The van der Waals surface area contributed by atoms with Crippen LogP contribution in [0.4, 0.5) is 0 Å². The number of aryl methyl sites for hydroxylation is 3. The van der Waals surface area contributed by atoms with E-state index in [4.69, 9.17) is 0 Å². The number of hydrogen-bond donors (Lipinski definition) is 1. The van der Waals surface area contributed by atoms with Gasteiger partial charge in [-0.15, -0.1) is 0 Å². The standard InChI is InChI=1S/C16H26N6O/c1-6-8-22-16(17-10-18-22)13(4)19-15(23)7-9-21-14(5)11(2)12(3)20-21/h10,13H,6-9H2,1-5H3,(H,19,23)/t13-/m1/s1. The van der Waals surface area contributed by atoms with Crippen molar-refractivity contribution in [1.82, 2.24) is 29.9 Å². The third-order valence-corrected chi connectivity index (χ3v) is 4.14. The molecule has 0 aliphatic rings. The van der Waals surface area contributed by atoms with Crippen LogP contribution >= 0.6 is 0 Å². The van der Waals surface area contributed by atoms with Crippen LogP contribution in [-0.2, 0) is 17.9 Å². The summed E-state index contributed by atoms with van der Waals surface area (Å²) >= 11 is 0. The second-order valence-corrected chi connectivity index (χ2v) is 5.90. The van der Waals surface area contributed by atoms with Crippen molar-refractivity contribution in [2.75, 3.05) is 0 Å². The van der Waals surface area contributed by atoms with E-state index in [-0.39, 0.29) is 11.9 Å². The molecule has 0 aliphatic carbocycles. The minimum atomic E-state index is -0.154. The van der Waals surface area contributed by atoms with E-state index in [1.165, 1.54) is 11.9 Å². The first-order valence-electron chi connectivity index (χ1n) is 8.11. The maximum absolute atomic E-state index is 12.2. The molecule has 1 amide bonds. The summed E-state index contributed by atoms with van der Waals surface area (Å²) in [6.45, 7) is 11.5. The molecule has 2 heterocycles. The second-order valence-electron chi connectivity index (χ2n) is 5.90. The summed E-state index contributed by atoms with van der Waals surface area (Å²) in [5, 5.41) is 11.6. The van der Waals surface area contributed by atoms with Gasteiger partial charge in [0.1, 0.15) is 12.2 Å². The van der Waals surface area contributed by atoms with Gasteiger partial charge < -0.3 is 5.32 Å². The molecule has 0 aromatic carbocycles. The number of nitrogens with zero attached hydrogens (tertiary/aromatic N) is 5. The molecule has 126 valence electrons. The Hall–Kier alpha value is -2.18. The van der Waals surface area contributed by atoms with Gasteiger partial charge in [-0.05, 0) is 39.7 Å². The molecule has 0 fully saturated rings. The van der Waals surface area contributed by atoms with Crippen LogP contribution in [0.1, 0.15) is 55.5 Å². The highest BCUT2D eigenvalue weighted by Crippen LogP contribution is 2.12. The normalized spacial score (nSPS) is 12.4. The molecule has 0 aliphatic heterocycles. The van der Waals surface area contributed by atoms with E-state index in [9.17, 15) is 4.79 Å². The number of hydrogen-bond acceptors (Lipinski definition) is 4. The second kappa shape index (κ2) is 7.39. The van der Waals surface area contributed by atoms with Crippen LogP contribution in [0.2, 0.25) is 0 Å². The SMILES string of the molecule is CCCn1ncnc1[C@@H](C)NC(=O)CCn1nc(C)c(C)c1C. The fourth-order valence-corrected chi connectivity index (χ4v) is 2.58. The highest BCUT2D eigenvalue weighted by molar-refractivity contribution is 5.76. The van der Waals surface area contributed by atoms with Crippen molar-refractivity contribution in [1.29, 1.82) is 0 Å². The smallest absolute Gasteiger partial charge is 0.222 e. The molecular weight excluding hydrogens is 292 g/mol. The summed E-state index contributed by atoms with van der Waals surface area (Å²) in [4.78, 5) is 16.4. The van der Waals surface area contributed by atoms with Crippen molar-refractivity contribution >= 4 is 5.91 Å². The Bertz CT molecular complexity index is 672. The van der Waals surface area contributed by atoms with E-state index in [1.807, 2.05) is 30.1 Å². The Morgan fingerprint density at radius 2 is 2.00 bits per heavy atom. The summed E-state index contributed by atoms with van der Waals surface area (Å²) in [6.07, 6.45) is 2.91. The van der Waals surface area contributed by atoms with Crippen LogP contribution in [0.25, 0.3) is 0 Å². The average Bonchev–Trinajstić information content (AvgIpc) is 3.06. The van der Waals surface area contributed by atoms with E-state index in [1.54, 1.807) is 0 Å². The summed E-state index contributed by atoms with van der Waals surface area (Å²) in [7, 11) is 0. The Morgan fingerprint density at radius 1 is 1.26 bits per heavy atom. The number of amides is 1. The molecule has 0 bridgehead atoms. The van der Waals surface area contributed by atoms with E-state index in [0.29, 0.717) is 13.0 Å². The molecule has 7 heteroatoms. The molecule has 0 saturated heterocycles. The Labute approximate surface area is 137 Å². The topological polar surface area (TPSA) is 77.6 Å². The third-order valence-electron chi connectivity index (χ3n) is 4.14. The van der Waals surface area contributed by atoms with Gasteiger partial charge in [0.05, 0.1) is 11.7 Å². The molecular formula is C16H26N6O. The lowest BCUT2D eigenvalue weighted by Crippen LogP contribution is -2.29. The van der Waals surface area contributed by atoms with Crippen LogP contribution in [0, 0.1) is 20.8 Å². The predicted molar refractivity (Wildman–Crippen MR) is 87.9 cm³/mol. The lowest BCUT2D eigenvalue weighted by molar-refractivity contribution is -0.122. The fraction of sp³-hybridized carbons (Fsp3) is 0.625. The molecule has 1 N–H and O–H groups in total. The van der Waals surface area contributed by atoms with Gasteiger partial charge in [-0.1, -0.05) is 6.92 Å². The first-order valence-corrected chi connectivity index (χ1v) is 8.11. The molecule has 7 nitrogen and oxygen atoms in total. The molecule has 0 radical (unpaired) electrons. The number of carbonyl (C=O) groups excluding carboxylic acids is 1. The van der Waals surface area contributed by atoms with Crippen molar-refractivity contribution in [2.24, 2.45) is 0 Å². The molecule has 2 rings (SSSR count). The van der Waals surface area contributed by atoms with Gasteiger partial charge in [-0.25, -0.2) is 9.67 Å². The quantitative estimate of drug-likeness (QED) is 0.848. The molecule has 2 aromatic heterocycles. The summed E-state index contributed by atoms with van der Waals surface area (Å²) < 4.78 is 3.74. The van der Waals surface area contributed by atoms with Crippen LogP contribution in [-0.4, -0.2) is 30.5 Å². The number of rotatable bonds is 7. The maximum Gasteiger partial charge on any atom is 0.222 e. The van der Waals surface area contributed by atoms with Crippen molar-refractivity contribution in [3.05, 3.63) is 29.1 Å². The minimum Gasteiger partial charge on any atom is -0.346 e. The lowest BCUT2D eigenvalue weighted by Gasteiger charge is -2.14. The van der Waals surface area contributed by atoms with Gasteiger partial charge in [0, 0.05) is 25.2 Å². The minimum absolute atomic E-state index is 0.00578. The number of carbonyl (C=O) groups is 1. The van der Waals surface area contributed by atoms with Gasteiger partial charge in [0.2, 0.25) is 5.91 Å². The zero-order valence-corrected chi connectivity index (χ0v) is 14.6. The third kappa shape index (κ3) is 3.97. The summed E-state index contributed by atoms with van der Waals surface area (Å²) in [5.41, 5.74) is 3.32. The first-order chi connectivity index (χ1) is 10.9. The van der Waals surface area contributed by atoms with Crippen LogP contribution in [0.15, 0.2) is 6.33 Å². The highest BCUT2D eigenvalue weighted by Gasteiger charge is 2.16. The lowest BCUT2D eigenvalue weighted by atomic mass is 10.2. The average molecular weight is 318 g/mol. The van der Waals surface area contributed by atoms with Gasteiger partial charge in [-0.2, -0.15) is 10.2 Å². The Kier molecular flexibility index (Phi) is 5.52. The van der Waals surface area contributed by atoms with Gasteiger partial charge in [0.15, 0.2) is 0 Å². The molecule has 23 heavy (non-hydrogen) atoms. The molecule has 0 unspecified atom stereocenters. The van der Waals surface area contributed by atoms with Gasteiger partial charge >= 0.3 is 0 Å². The Morgan fingerprint density at radius 3 is 2.61 bits per heavy atom. The van der Waals surface area contributed by atoms with Crippen molar-refractivity contribution in [3.63, 3.8) is 0 Å². The monoisotopic (exact) mass is 318 g/mol. The highest BCUT2D eigenvalue weighted by atomic mass is 16.1. The molecule has 2 aromatic rings. The molecule has 1 atom stereocenters. The van der Waals surface area contributed by atoms with Gasteiger partial charge in [-0.3, -0.25) is 9.48 Å². The van der Waals surface area contributed by atoms with Crippen LogP contribution in [0.5, 0.6) is 0 Å². The fourth-order valence-electron chi connectivity index (χ4n) is 2.58. The predicted octanol–water partition coefficient (Wildman–Crippen LogP) is 2.08. The van der Waals surface area contributed by atoms with Crippen LogP contribution in [0.3, 0.4) is 0 Å². The molecule has 0 spiro atoms. The van der Waals surface area contributed by atoms with Crippen LogP contribution < -0.4 is 5.32 Å². The summed E-state index contributed by atoms with van der Waals surface area (Å²) in [5.74, 6) is 0.788. The zero-order valence-electron chi connectivity index (χ0n) is 14.6. The number of aromatic nitrogens is 5. The first kappa shape index (κ1) is 17.2. The largest absolute Gasteiger partial charge is 0.346 e.